The lowest BCUT2D eigenvalue weighted by atomic mass is 10.1. The highest BCUT2D eigenvalue weighted by atomic mass is 32.1. The van der Waals surface area contributed by atoms with Crippen LogP contribution in [-0.2, 0) is 22.3 Å². The first-order chi connectivity index (χ1) is 14.0. The van der Waals surface area contributed by atoms with Crippen molar-refractivity contribution in [3.05, 3.63) is 45.8 Å². The van der Waals surface area contributed by atoms with E-state index < -0.39 is 5.97 Å². The highest BCUT2D eigenvalue weighted by Gasteiger charge is 2.26. The maximum absolute atomic E-state index is 12.6. The summed E-state index contributed by atoms with van der Waals surface area (Å²) in [6.07, 6.45) is 5.21. The quantitative estimate of drug-likeness (QED) is 0.400. The van der Waals surface area contributed by atoms with Crippen molar-refractivity contribution in [2.24, 2.45) is 0 Å². The van der Waals surface area contributed by atoms with E-state index in [1.807, 2.05) is 0 Å². The summed E-state index contributed by atoms with van der Waals surface area (Å²) in [6, 6.07) is 6.88. The van der Waals surface area contributed by atoms with Crippen molar-refractivity contribution in [3.8, 4) is 0 Å². The van der Waals surface area contributed by atoms with Gasteiger partial charge in [-0.2, -0.15) is 0 Å². The van der Waals surface area contributed by atoms with Crippen LogP contribution in [-0.4, -0.2) is 30.8 Å². The molecule has 0 saturated carbocycles. The normalized spacial score (nSPS) is 13.0. The highest BCUT2D eigenvalue weighted by Crippen LogP contribution is 2.38. The third-order valence-corrected chi connectivity index (χ3v) is 6.08. The minimum absolute atomic E-state index is 0.315. The van der Waals surface area contributed by atoms with Crippen LogP contribution in [0.3, 0.4) is 0 Å². The second-order valence-electron chi connectivity index (χ2n) is 6.64. The van der Waals surface area contributed by atoms with Crippen molar-refractivity contribution in [2.45, 2.75) is 39.0 Å². The number of hydrogen-bond acceptors (Lipinski definition) is 6. The van der Waals surface area contributed by atoms with Crippen LogP contribution < -0.4 is 10.6 Å². The summed E-state index contributed by atoms with van der Waals surface area (Å²) >= 11 is 7.02. The van der Waals surface area contributed by atoms with Gasteiger partial charge in [-0.25, -0.2) is 9.59 Å². The molecule has 8 heteroatoms. The predicted molar refractivity (Wildman–Crippen MR) is 119 cm³/mol. The van der Waals surface area contributed by atoms with Gasteiger partial charge in [-0.3, -0.25) is 0 Å². The largest absolute Gasteiger partial charge is 0.465 e. The summed E-state index contributed by atoms with van der Waals surface area (Å²) in [7, 11) is 1.34. The van der Waals surface area contributed by atoms with Gasteiger partial charge in [0.2, 0.25) is 0 Å². The molecule has 1 aliphatic carbocycles. The van der Waals surface area contributed by atoms with Crippen LogP contribution in [0.25, 0.3) is 0 Å². The number of nitrogens with one attached hydrogen (secondary N) is 2. The van der Waals surface area contributed by atoms with Crippen LogP contribution in [0, 0.1) is 0 Å². The Morgan fingerprint density at radius 3 is 2.69 bits per heavy atom. The van der Waals surface area contributed by atoms with Gasteiger partial charge in [0.15, 0.2) is 5.11 Å². The van der Waals surface area contributed by atoms with Crippen LogP contribution in [0.2, 0.25) is 0 Å². The fourth-order valence-electron chi connectivity index (χ4n) is 3.36. The summed E-state index contributed by atoms with van der Waals surface area (Å²) in [5, 5.41) is 7.28. The third kappa shape index (κ3) is 5.13. The highest BCUT2D eigenvalue weighted by molar-refractivity contribution is 7.80. The van der Waals surface area contributed by atoms with Crippen molar-refractivity contribution < 1.29 is 19.1 Å². The molecule has 3 rings (SSSR count). The fraction of sp³-hybridized carbons (Fsp3) is 0.381. The van der Waals surface area contributed by atoms with E-state index in [1.165, 1.54) is 18.4 Å². The van der Waals surface area contributed by atoms with E-state index in [2.05, 4.69) is 10.6 Å². The minimum Gasteiger partial charge on any atom is -0.465 e. The Bertz CT molecular complexity index is 923. The van der Waals surface area contributed by atoms with Crippen molar-refractivity contribution in [1.82, 2.24) is 0 Å². The van der Waals surface area contributed by atoms with Gasteiger partial charge < -0.3 is 20.1 Å². The van der Waals surface area contributed by atoms with Crippen LogP contribution in [0.4, 0.5) is 10.7 Å². The zero-order chi connectivity index (χ0) is 20.8. The molecule has 1 aliphatic rings. The molecule has 6 nitrogen and oxygen atoms in total. The molecule has 0 atom stereocenters. The van der Waals surface area contributed by atoms with E-state index in [0.29, 0.717) is 33.5 Å². The molecule has 29 heavy (non-hydrogen) atoms. The Kier molecular flexibility index (Phi) is 7.22. The lowest BCUT2D eigenvalue weighted by Crippen LogP contribution is -2.20. The molecular formula is C21H24N2O4S2. The van der Waals surface area contributed by atoms with Gasteiger partial charge >= 0.3 is 11.9 Å². The van der Waals surface area contributed by atoms with Crippen LogP contribution in [0.5, 0.6) is 0 Å². The number of rotatable bonds is 5. The first-order valence-corrected chi connectivity index (χ1v) is 10.8. The molecule has 1 heterocycles. The Balaban J connectivity index is 1.81. The molecule has 1 aromatic heterocycles. The zero-order valence-corrected chi connectivity index (χ0v) is 18.1. The van der Waals surface area contributed by atoms with Crippen molar-refractivity contribution in [2.75, 3.05) is 24.4 Å². The number of thiophene rings is 1. The third-order valence-electron chi connectivity index (χ3n) is 4.67. The molecule has 2 aromatic rings. The summed E-state index contributed by atoms with van der Waals surface area (Å²) < 4.78 is 10.0. The van der Waals surface area contributed by atoms with Gasteiger partial charge in [0.25, 0.3) is 0 Å². The molecule has 154 valence electrons. The van der Waals surface area contributed by atoms with E-state index in [1.54, 1.807) is 42.5 Å². The molecule has 0 unspecified atom stereocenters. The molecule has 2 N–H and O–H groups in total. The summed E-state index contributed by atoms with van der Waals surface area (Å²) in [6.45, 7) is 2.13. The maximum atomic E-state index is 12.6. The molecule has 0 bridgehead atoms. The Labute approximate surface area is 179 Å². The average Bonchev–Trinajstić information content (AvgIpc) is 2.88. The lowest BCUT2D eigenvalue weighted by Gasteiger charge is -2.12. The lowest BCUT2D eigenvalue weighted by molar-refractivity contribution is 0.0525. The monoisotopic (exact) mass is 432 g/mol. The average molecular weight is 433 g/mol. The van der Waals surface area contributed by atoms with E-state index in [4.69, 9.17) is 21.7 Å². The number of aryl methyl sites for hydroxylation is 1. The number of thiocarbonyl (C=S) groups is 1. The Morgan fingerprint density at radius 1 is 1.14 bits per heavy atom. The van der Waals surface area contributed by atoms with Gasteiger partial charge in [-0.1, -0.05) is 12.5 Å². The summed E-state index contributed by atoms with van der Waals surface area (Å²) in [4.78, 5) is 25.6. The standard InChI is InChI=1S/C21H24N2O4S2/c1-3-27-20(25)17-15-10-5-4-6-11-16(15)29-18(17)23-21(28)22-14-9-7-8-13(12-14)19(24)26-2/h7-9,12H,3-6,10-11H2,1-2H3,(H2,22,23,28). The van der Waals surface area contributed by atoms with Gasteiger partial charge in [0, 0.05) is 10.6 Å². The number of carbonyl (C=O) groups excluding carboxylic acids is 2. The number of ether oxygens (including phenoxy) is 2. The topological polar surface area (TPSA) is 76.7 Å². The number of esters is 2. The summed E-state index contributed by atoms with van der Waals surface area (Å²) in [5.74, 6) is -0.732. The first-order valence-electron chi connectivity index (χ1n) is 9.61. The number of anilines is 2. The smallest absolute Gasteiger partial charge is 0.341 e. The number of benzene rings is 1. The van der Waals surface area contributed by atoms with Gasteiger partial charge in [-0.05, 0) is 68.6 Å². The number of carbonyl (C=O) groups is 2. The van der Waals surface area contributed by atoms with Gasteiger partial charge in [0.1, 0.15) is 5.00 Å². The summed E-state index contributed by atoms with van der Waals surface area (Å²) in [5.41, 5.74) is 2.77. The van der Waals surface area contributed by atoms with Crippen molar-refractivity contribution >= 4 is 51.3 Å². The molecule has 0 saturated heterocycles. The second-order valence-corrected chi connectivity index (χ2v) is 8.15. The van der Waals surface area contributed by atoms with Crippen molar-refractivity contribution in [3.63, 3.8) is 0 Å². The number of fused-ring (bicyclic) bond motifs is 1. The van der Waals surface area contributed by atoms with Gasteiger partial charge in [0.05, 0.1) is 24.8 Å². The molecule has 0 radical (unpaired) electrons. The molecule has 0 fully saturated rings. The molecular weight excluding hydrogens is 408 g/mol. The van der Waals surface area contributed by atoms with E-state index in [0.717, 1.165) is 31.2 Å². The van der Waals surface area contributed by atoms with Crippen molar-refractivity contribution in [1.29, 1.82) is 0 Å². The zero-order valence-electron chi connectivity index (χ0n) is 16.5. The Morgan fingerprint density at radius 2 is 1.93 bits per heavy atom. The van der Waals surface area contributed by atoms with E-state index in [9.17, 15) is 9.59 Å². The van der Waals surface area contributed by atoms with E-state index >= 15 is 0 Å². The number of methoxy groups -OCH3 is 1. The van der Waals surface area contributed by atoms with Crippen LogP contribution in [0.15, 0.2) is 24.3 Å². The van der Waals surface area contributed by atoms with Crippen LogP contribution >= 0.6 is 23.6 Å². The minimum atomic E-state index is -0.417. The Hall–Kier alpha value is -2.45. The van der Waals surface area contributed by atoms with Crippen LogP contribution in [0.1, 0.15) is 57.3 Å². The molecule has 0 amide bonds. The predicted octanol–water partition coefficient (Wildman–Crippen LogP) is 4.79. The molecule has 1 aromatic carbocycles. The van der Waals surface area contributed by atoms with Gasteiger partial charge in [-0.15, -0.1) is 11.3 Å². The first kappa shape index (κ1) is 21.3. The van der Waals surface area contributed by atoms with E-state index in [-0.39, 0.29) is 5.97 Å². The fourth-order valence-corrected chi connectivity index (χ4v) is 4.92. The second kappa shape index (κ2) is 9.84. The SMILES string of the molecule is CCOC(=O)c1c(NC(=S)Nc2cccc(C(=O)OC)c2)sc2c1CCCCC2. The number of hydrogen-bond donors (Lipinski definition) is 2. The maximum Gasteiger partial charge on any atom is 0.341 e. The molecule has 0 aliphatic heterocycles. The molecule has 0 spiro atoms.